The fourth-order valence-electron chi connectivity index (χ4n) is 2.72. The molecule has 2 aromatic rings. The number of nitrogens with one attached hydrogen (secondary N) is 1. The highest BCUT2D eigenvalue weighted by molar-refractivity contribution is 14.0. The number of benzene rings is 2. The lowest BCUT2D eigenvalue weighted by atomic mass is 10.0. The zero-order chi connectivity index (χ0) is 16.9. The minimum atomic E-state index is -0.846. The Morgan fingerprint density at radius 3 is 2.80 bits per heavy atom. The van der Waals surface area contributed by atoms with Crippen molar-refractivity contribution in [1.82, 2.24) is 5.32 Å². The van der Waals surface area contributed by atoms with Crippen LogP contribution in [0.15, 0.2) is 47.5 Å². The number of rotatable bonds is 4. The van der Waals surface area contributed by atoms with E-state index in [1.165, 1.54) is 6.07 Å². The minimum Gasteiger partial charge on any atom is -0.493 e. The molecule has 0 aliphatic carbocycles. The zero-order valence-electron chi connectivity index (χ0n) is 13.5. The van der Waals surface area contributed by atoms with Crippen molar-refractivity contribution in [2.45, 2.75) is 18.9 Å². The van der Waals surface area contributed by atoms with E-state index in [1.807, 2.05) is 24.3 Å². The summed E-state index contributed by atoms with van der Waals surface area (Å²) in [6.45, 7) is 1.02. The summed E-state index contributed by atoms with van der Waals surface area (Å²) in [6, 6.07) is 11.7. The largest absolute Gasteiger partial charge is 0.493 e. The van der Waals surface area contributed by atoms with Crippen LogP contribution in [-0.2, 0) is 6.42 Å². The van der Waals surface area contributed by atoms with E-state index in [0.29, 0.717) is 31.1 Å². The van der Waals surface area contributed by atoms with E-state index >= 15 is 0 Å². The van der Waals surface area contributed by atoms with Crippen LogP contribution in [0.5, 0.6) is 5.75 Å². The Labute approximate surface area is 162 Å². The van der Waals surface area contributed by atoms with Crippen molar-refractivity contribution in [2.24, 2.45) is 10.7 Å². The smallest absolute Gasteiger partial charge is 0.189 e. The Kier molecular flexibility index (Phi) is 6.98. The van der Waals surface area contributed by atoms with Crippen LogP contribution in [0.1, 0.15) is 23.6 Å². The number of hydrogen-bond acceptors (Lipinski definition) is 2. The summed E-state index contributed by atoms with van der Waals surface area (Å²) in [6.07, 6.45) is 1.29. The molecule has 3 rings (SSSR count). The first kappa shape index (κ1) is 19.4. The molecule has 1 unspecified atom stereocenters. The normalized spacial score (nSPS) is 16.4. The maximum Gasteiger partial charge on any atom is 0.189 e. The monoisotopic (exact) mass is 459 g/mol. The van der Waals surface area contributed by atoms with Crippen LogP contribution in [0, 0.1) is 11.6 Å². The molecule has 0 radical (unpaired) electrons. The summed E-state index contributed by atoms with van der Waals surface area (Å²) in [5.41, 5.74) is 7.68. The van der Waals surface area contributed by atoms with Crippen molar-refractivity contribution in [3.8, 4) is 5.75 Å². The average molecular weight is 459 g/mol. The van der Waals surface area contributed by atoms with E-state index < -0.39 is 11.6 Å². The fraction of sp³-hybridized carbons (Fsp3) is 0.278. The van der Waals surface area contributed by atoms with Gasteiger partial charge in [-0.3, -0.25) is 4.99 Å². The van der Waals surface area contributed by atoms with Gasteiger partial charge in [0.05, 0.1) is 12.6 Å². The molecule has 0 amide bonds. The van der Waals surface area contributed by atoms with Gasteiger partial charge in [-0.25, -0.2) is 8.78 Å². The molecule has 3 N–H and O–H groups in total. The van der Waals surface area contributed by atoms with Crippen LogP contribution >= 0.6 is 24.0 Å². The van der Waals surface area contributed by atoms with Gasteiger partial charge in [0.25, 0.3) is 0 Å². The van der Waals surface area contributed by atoms with Gasteiger partial charge in [0, 0.05) is 18.5 Å². The molecular formula is C18H20F2IN3O. The van der Waals surface area contributed by atoms with Crippen LogP contribution < -0.4 is 15.8 Å². The van der Waals surface area contributed by atoms with E-state index in [4.69, 9.17) is 10.5 Å². The SMILES string of the molecule is I.NC(=NCCc1ccc(F)c(F)c1)NC1CCOc2ccccc21. The Hall–Kier alpha value is -1.90. The number of aliphatic imine (C=N–C) groups is 1. The summed E-state index contributed by atoms with van der Waals surface area (Å²) >= 11 is 0. The van der Waals surface area contributed by atoms with E-state index in [2.05, 4.69) is 10.3 Å². The van der Waals surface area contributed by atoms with Crippen LogP contribution in [0.3, 0.4) is 0 Å². The lowest BCUT2D eigenvalue weighted by Gasteiger charge is -2.26. The molecule has 0 saturated carbocycles. The van der Waals surface area contributed by atoms with Crippen LogP contribution in [0.4, 0.5) is 8.78 Å². The van der Waals surface area contributed by atoms with Gasteiger partial charge < -0.3 is 15.8 Å². The summed E-state index contributed by atoms with van der Waals surface area (Å²) < 4.78 is 31.7. The molecule has 1 aliphatic heterocycles. The summed E-state index contributed by atoms with van der Waals surface area (Å²) in [5, 5.41) is 3.20. The van der Waals surface area contributed by atoms with Crippen molar-refractivity contribution in [1.29, 1.82) is 0 Å². The van der Waals surface area contributed by atoms with E-state index in [-0.39, 0.29) is 30.0 Å². The molecule has 0 aromatic heterocycles. The predicted molar refractivity (Wildman–Crippen MR) is 104 cm³/mol. The van der Waals surface area contributed by atoms with Gasteiger partial charge in [0.15, 0.2) is 17.6 Å². The molecular weight excluding hydrogens is 439 g/mol. The molecule has 0 saturated heterocycles. The highest BCUT2D eigenvalue weighted by atomic mass is 127. The van der Waals surface area contributed by atoms with Crippen molar-refractivity contribution in [3.63, 3.8) is 0 Å². The van der Waals surface area contributed by atoms with Gasteiger partial charge >= 0.3 is 0 Å². The highest BCUT2D eigenvalue weighted by Gasteiger charge is 2.21. The van der Waals surface area contributed by atoms with Crippen LogP contribution in [0.2, 0.25) is 0 Å². The van der Waals surface area contributed by atoms with E-state index in [0.717, 1.165) is 23.8 Å². The molecule has 0 fully saturated rings. The number of nitrogens with zero attached hydrogens (tertiary/aromatic N) is 1. The number of fused-ring (bicyclic) bond motifs is 1. The third-order valence-electron chi connectivity index (χ3n) is 3.95. The van der Waals surface area contributed by atoms with Gasteiger partial charge in [0.2, 0.25) is 0 Å². The van der Waals surface area contributed by atoms with Crippen molar-refractivity contribution < 1.29 is 13.5 Å². The molecule has 0 spiro atoms. The van der Waals surface area contributed by atoms with Crippen molar-refractivity contribution >= 4 is 29.9 Å². The lowest BCUT2D eigenvalue weighted by Crippen LogP contribution is -2.37. The first-order chi connectivity index (χ1) is 11.6. The topological polar surface area (TPSA) is 59.6 Å². The average Bonchev–Trinajstić information content (AvgIpc) is 2.58. The number of hydrogen-bond donors (Lipinski definition) is 2. The lowest BCUT2D eigenvalue weighted by molar-refractivity contribution is 0.262. The maximum absolute atomic E-state index is 13.2. The summed E-state index contributed by atoms with van der Waals surface area (Å²) in [4.78, 5) is 4.26. The second kappa shape index (κ2) is 8.98. The second-order valence-corrected chi connectivity index (χ2v) is 5.64. The highest BCUT2D eigenvalue weighted by Crippen LogP contribution is 2.31. The van der Waals surface area contributed by atoms with Crippen molar-refractivity contribution in [3.05, 3.63) is 65.2 Å². The standard InChI is InChI=1S/C18H19F2N3O.HI/c19-14-6-5-12(11-15(14)20)7-9-22-18(21)23-16-8-10-24-17-4-2-1-3-13(16)17;/h1-6,11,16H,7-10H2,(H3,21,22,23);1H. The molecule has 4 nitrogen and oxygen atoms in total. The zero-order valence-corrected chi connectivity index (χ0v) is 15.9. The third kappa shape index (κ3) is 5.04. The van der Waals surface area contributed by atoms with E-state index in [9.17, 15) is 8.78 Å². The molecule has 1 atom stereocenters. The van der Waals surface area contributed by atoms with Gasteiger partial charge in [0.1, 0.15) is 5.75 Å². The quantitative estimate of drug-likeness (QED) is 0.418. The molecule has 2 aromatic carbocycles. The predicted octanol–water partition coefficient (Wildman–Crippen LogP) is 3.55. The first-order valence-corrected chi connectivity index (χ1v) is 7.85. The van der Waals surface area contributed by atoms with Crippen LogP contribution in [0.25, 0.3) is 0 Å². The first-order valence-electron chi connectivity index (χ1n) is 7.85. The minimum absolute atomic E-state index is 0. The van der Waals surface area contributed by atoms with Gasteiger partial charge in [-0.1, -0.05) is 24.3 Å². The second-order valence-electron chi connectivity index (χ2n) is 5.64. The van der Waals surface area contributed by atoms with Gasteiger partial charge in [-0.05, 0) is 30.2 Å². The number of guanidine groups is 1. The third-order valence-corrected chi connectivity index (χ3v) is 3.95. The Bertz CT molecular complexity index is 755. The Morgan fingerprint density at radius 2 is 2.00 bits per heavy atom. The number of halogens is 3. The number of nitrogens with two attached hydrogens (primary N) is 1. The fourth-order valence-corrected chi connectivity index (χ4v) is 2.72. The van der Waals surface area contributed by atoms with Crippen LogP contribution in [-0.4, -0.2) is 19.1 Å². The molecule has 25 heavy (non-hydrogen) atoms. The maximum atomic E-state index is 13.2. The Balaban J connectivity index is 0.00000225. The van der Waals surface area contributed by atoms with E-state index in [1.54, 1.807) is 6.07 Å². The number of para-hydroxylation sites is 1. The summed E-state index contributed by atoms with van der Waals surface area (Å²) in [7, 11) is 0. The molecule has 134 valence electrons. The molecule has 7 heteroatoms. The Morgan fingerprint density at radius 1 is 1.20 bits per heavy atom. The van der Waals surface area contributed by atoms with Crippen molar-refractivity contribution in [2.75, 3.05) is 13.2 Å². The number of ether oxygens (including phenoxy) is 1. The van der Waals surface area contributed by atoms with Gasteiger partial charge in [-0.2, -0.15) is 0 Å². The molecule has 1 aliphatic rings. The molecule has 1 heterocycles. The summed E-state index contributed by atoms with van der Waals surface area (Å²) in [5.74, 6) is -0.502. The molecule has 0 bridgehead atoms. The van der Waals surface area contributed by atoms with Gasteiger partial charge in [-0.15, -0.1) is 24.0 Å².